The molecule has 2 atom stereocenters. The van der Waals surface area contributed by atoms with E-state index in [1.54, 1.807) is 24.3 Å². The van der Waals surface area contributed by atoms with Crippen LogP contribution in [0, 0.1) is 11.8 Å². The van der Waals surface area contributed by atoms with Crippen LogP contribution in [0.25, 0.3) is 0 Å². The van der Waals surface area contributed by atoms with Crippen LogP contribution >= 0.6 is 0 Å². The van der Waals surface area contributed by atoms with Crippen LogP contribution < -0.4 is 5.32 Å². The molecule has 0 saturated carbocycles. The van der Waals surface area contributed by atoms with Crippen LogP contribution in [0.2, 0.25) is 0 Å². The third-order valence-electron chi connectivity index (χ3n) is 3.96. The smallest absolute Gasteiger partial charge is 0.307 e. The van der Waals surface area contributed by atoms with Gasteiger partial charge < -0.3 is 10.4 Å². The molecule has 5 heteroatoms. The topological polar surface area (TPSA) is 83.5 Å². The number of hydrogen-bond donors (Lipinski definition) is 2. The Balaban J connectivity index is 2.11. The number of nitrogens with one attached hydrogen (secondary N) is 1. The van der Waals surface area contributed by atoms with Crippen molar-refractivity contribution >= 4 is 23.3 Å². The Labute approximate surface area is 129 Å². The van der Waals surface area contributed by atoms with E-state index in [9.17, 15) is 19.5 Å². The summed E-state index contributed by atoms with van der Waals surface area (Å²) in [5.41, 5.74) is 2.16. The van der Waals surface area contributed by atoms with Crippen molar-refractivity contribution < 1.29 is 19.5 Å². The first kappa shape index (κ1) is 15.9. The normalized spacial score (nSPS) is 20.9. The molecule has 1 aromatic carbocycles. The lowest BCUT2D eigenvalue weighted by Crippen LogP contribution is -2.35. The molecular weight excluding hydrogens is 282 g/mol. The first-order valence-electron chi connectivity index (χ1n) is 7.19. The summed E-state index contributed by atoms with van der Waals surface area (Å²) < 4.78 is 0. The average molecular weight is 301 g/mol. The first-order chi connectivity index (χ1) is 10.4. The van der Waals surface area contributed by atoms with E-state index in [0.717, 1.165) is 5.57 Å². The van der Waals surface area contributed by atoms with Crippen LogP contribution in [0.3, 0.4) is 0 Å². The van der Waals surface area contributed by atoms with Gasteiger partial charge in [-0.25, -0.2) is 0 Å². The second kappa shape index (κ2) is 6.56. The van der Waals surface area contributed by atoms with Gasteiger partial charge in [-0.1, -0.05) is 11.6 Å². The van der Waals surface area contributed by atoms with E-state index in [2.05, 4.69) is 5.32 Å². The molecule has 1 aliphatic rings. The molecule has 0 heterocycles. The molecule has 1 aliphatic carbocycles. The van der Waals surface area contributed by atoms with Crippen molar-refractivity contribution in [1.29, 1.82) is 0 Å². The zero-order valence-corrected chi connectivity index (χ0v) is 12.6. The van der Waals surface area contributed by atoms with Gasteiger partial charge in [0.15, 0.2) is 5.78 Å². The van der Waals surface area contributed by atoms with Crippen LogP contribution in [-0.2, 0) is 9.59 Å². The number of carboxylic acids is 1. The number of rotatable bonds is 4. The van der Waals surface area contributed by atoms with E-state index in [-0.39, 0.29) is 11.7 Å². The van der Waals surface area contributed by atoms with E-state index < -0.39 is 17.8 Å². The number of amides is 1. The Morgan fingerprint density at radius 1 is 1.14 bits per heavy atom. The highest BCUT2D eigenvalue weighted by Gasteiger charge is 2.35. The van der Waals surface area contributed by atoms with Crippen LogP contribution in [0.1, 0.15) is 37.0 Å². The third kappa shape index (κ3) is 3.61. The van der Waals surface area contributed by atoms with Gasteiger partial charge in [-0.3, -0.25) is 14.4 Å². The van der Waals surface area contributed by atoms with Gasteiger partial charge in [0.2, 0.25) is 5.91 Å². The summed E-state index contributed by atoms with van der Waals surface area (Å²) >= 11 is 0. The Bertz CT molecular complexity index is 631. The van der Waals surface area contributed by atoms with E-state index in [4.69, 9.17) is 0 Å². The Kier molecular flexibility index (Phi) is 4.75. The summed E-state index contributed by atoms with van der Waals surface area (Å²) in [5, 5.41) is 12.0. The SMILES string of the molecule is CC(=O)c1ccc(NC(=O)C2CC(C)=CCC2C(=O)O)cc1. The van der Waals surface area contributed by atoms with Crippen molar-refractivity contribution in [2.45, 2.75) is 26.7 Å². The van der Waals surface area contributed by atoms with Gasteiger partial charge in [-0.2, -0.15) is 0 Å². The second-order valence-electron chi connectivity index (χ2n) is 5.66. The van der Waals surface area contributed by atoms with Gasteiger partial charge >= 0.3 is 5.97 Å². The molecule has 0 fully saturated rings. The maximum Gasteiger partial charge on any atom is 0.307 e. The zero-order chi connectivity index (χ0) is 16.3. The molecule has 22 heavy (non-hydrogen) atoms. The fourth-order valence-corrected chi connectivity index (χ4v) is 2.64. The number of carbonyl (C=O) groups excluding carboxylic acids is 2. The van der Waals surface area contributed by atoms with Gasteiger partial charge in [0.05, 0.1) is 11.8 Å². The lowest BCUT2D eigenvalue weighted by atomic mass is 9.79. The number of benzene rings is 1. The fraction of sp³-hybridized carbons (Fsp3) is 0.353. The summed E-state index contributed by atoms with van der Waals surface area (Å²) in [6.45, 7) is 3.38. The number of carbonyl (C=O) groups is 3. The standard InChI is InChI=1S/C17H19NO4/c1-10-3-8-14(17(21)22)15(9-10)16(20)18-13-6-4-12(5-7-13)11(2)19/h3-7,14-15H,8-9H2,1-2H3,(H,18,20)(H,21,22). The molecule has 116 valence electrons. The number of allylic oxidation sites excluding steroid dienone is 2. The molecule has 0 radical (unpaired) electrons. The van der Waals surface area contributed by atoms with Crippen LogP contribution in [0.5, 0.6) is 0 Å². The predicted molar refractivity (Wildman–Crippen MR) is 82.7 cm³/mol. The number of anilines is 1. The molecule has 0 saturated heterocycles. The molecule has 1 aromatic rings. The monoisotopic (exact) mass is 301 g/mol. The molecule has 0 aromatic heterocycles. The third-order valence-corrected chi connectivity index (χ3v) is 3.96. The molecular formula is C17H19NO4. The Morgan fingerprint density at radius 3 is 2.32 bits per heavy atom. The minimum Gasteiger partial charge on any atom is -0.481 e. The highest BCUT2D eigenvalue weighted by Crippen LogP contribution is 2.31. The molecule has 1 amide bonds. The number of Topliss-reactive ketones (excluding diaryl/α,β-unsaturated/α-hetero) is 1. The number of carboxylic acid groups (broad SMARTS) is 1. The van der Waals surface area contributed by atoms with E-state index in [1.165, 1.54) is 6.92 Å². The van der Waals surface area contributed by atoms with Crippen molar-refractivity contribution in [2.24, 2.45) is 11.8 Å². The van der Waals surface area contributed by atoms with Gasteiger partial charge in [0.25, 0.3) is 0 Å². The van der Waals surface area contributed by atoms with Crippen molar-refractivity contribution in [3.63, 3.8) is 0 Å². The average Bonchev–Trinajstić information content (AvgIpc) is 2.47. The number of aliphatic carboxylic acids is 1. The molecule has 5 nitrogen and oxygen atoms in total. The maximum atomic E-state index is 12.4. The summed E-state index contributed by atoms with van der Waals surface area (Å²) in [6, 6.07) is 6.57. The van der Waals surface area contributed by atoms with Gasteiger partial charge in [-0.15, -0.1) is 0 Å². The minimum atomic E-state index is -0.948. The number of hydrogen-bond acceptors (Lipinski definition) is 3. The van der Waals surface area contributed by atoms with Gasteiger partial charge in [-0.05, 0) is 51.0 Å². The first-order valence-corrected chi connectivity index (χ1v) is 7.19. The lowest BCUT2D eigenvalue weighted by molar-refractivity contribution is -0.146. The predicted octanol–water partition coefficient (Wildman–Crippen LogP) is 2.88. The second-order valence-corrected chi connectivity index (χ2v) is 5.66. The maximum absolute atomic E-state index is 12.4. The summed E-state index contributed by atoms with van der Waals surface area (Å²) in [5.74, 6) is -2.56. The highest BCUT2D eigenvalue weighted by atomic mass is 16.4. The van der Waals surface area contributed by atoms with Crippen molar-refractivity contribution in [1.82, 2.24) is 0 Å². The molecule has 0 bridgehead atoms. The van der Waals surface area contributed by atoms with E-state index in [0.29, 0.717) is 24.1 Å². The zero-order valence-electron chi connectivity index (χ0n) is 12.6. The fourth-order valence-electron chi connectivity index (χ4n) is 2.64. The Morgan fingerprint density at radius 2 is 1.77 bits per heavy atom. The summed E-state index contributed by atoms with van der Waals surface area (Å²) in [4.78, 5) is 34.9. The summed E-state index contributed by atoms with van der Waals surface area (Å²) in [6.07, 6.45) is 2.71. The molecule has 2 N–H and O–H groups in total. The number of ketones is 1. The quantitative estimate of drug-likeness (QED) is 0.661. The van der Waals surface area contributed by atoms with Crippen LogP contribution in [0.4, 0.5) is 5.69 Å². The minimum absolute atomic E-state index is 0.0446. The largest absolute Gasteiger partial charge is 0.481 e. The van der Waals surface area contributed by atoms with Gasteiger partial charge in [0, 0.05) is 11.3 Å². The van der Waals surface area contributed by atoms with Crippen LogP contribution in [0.15, 0.2) is 35.9 Å². The summed E-state index contributed by atoms with van der Waals surface area (Å²) in [7, 11) is 0. The molecule has 0 spiro atoms. The van der Waals surface area contributed by atoms with Crippen LogP contribution in [-0.4, -0.2) is 22.8 Å². The molecule has 2 rings (SSSR count). The van der Waals surface area contributed by atoms with Crippen molar-refractivity contribution in [3.8, 4) is 0 Å². The van der Waals surface area contributed by atoms with E-state index in [1.807, 2.05) is 13.0 Å². The van der Waals surface area contributed by atoms with Gasteiger partial charge in [0.1, 0.15) is 0 Å². The molecule has 0 aliphatic heterocycles. The van der Waals surface area contributed by atoms with Crippen molar-refractivity contribution in [3.05, 3.63) is 41.5 Å². The lowest BCUT2D eigenvalue weighted by Gasteiger charge is -2.26. The Hall–Kier alpha value is -2.43. The molecule has 2 unspecified atom stereocenters. The highest BCUT2D eigenvalue weighted by molar-refractivity contribution is 5.97. The van der Waals surface area contributed by atoms with Crippen molar-refractivity contribution in [2.75, 3.05) is 5.32 Å². The van der Waals surface area contributed by atoms with E-state index >= 15 is 0 Å².